The molecule has 2 N–H and O–H groups in total. The first-order valence-electron chi connectivity index (χ1n) is 16.4. The lowest BCUT2D eigenvalue weighted by atomic mass is 9.91. The van der Waals surface area contributed by atoms with Gasteiger partial charge in [-0.05, 0) is 91.0 Å². The molecule has 234 valence electrons. The van der Waals surface area contributed by atoms with E-state index in [0.717, 1.165) is 55.8 Å². The van der Waals surface area contributed by atoms with Crippen LogP contribution in [0.3, 0.4) is 0 Å². The molecule has 2 aliphatic rings. The highest BCUT2D eigenvalue weighted by atomic mass is 35.5. The molecule has 2 aromatic rings. The molecule has 2 heterocycles. The summed E-state index contributed by atoms with van der Waals surface area (Å²) in [6, 6.07) is 0.996. The maximum atomic E-state index is 11.8. The van der Waals surface area contributed by atoms with Gasteiger partial charge < -0.3 is 15.4 Å². The monoisotopic (exact) mass is 600 g/mol. The number of unbranched alkanes of at least 4 members (excludes halogenated alkanes) is 7. The molecule has 2 fully saturated rings. The summed E-state index contributed by atoms with van der Waals surface area (Å²) >= 11 is 6.55. The third kappa shape index (κ3) is 11.1. The van der Waals surface area contributed by atoms with E-state index in [1.165, 1.54) is 69.9 Å². The van der Waals surface area contributed by atoms with Gasteiger partial charge in [-0.15, -0.1) is 0 Å². The van der Waals surface area contributed by atoms with Gasteiger partial charge in [0.15, 0.2) is 0 Å². The highest BCUT2D eigenvalue weighted by Gasteiger charge is 2.27. The van der Waals surface area contributed by atoms with Gasteiger partial charge in [0.1, 0.15) is 5.60 Å². The molecule has 0 amide bonds. The number of hydrogen-bond acceptors (Lipinski definition) is 7. The van der Waals surface area contributed by atoms with Gasteiger partial charge >= 0.3 is 5.97 Å². The summed E-state index contributed by atoms with van der Waals surface area (Å²) in [5.41, 5.74) is 2.65. The largest absolute Gasteiger partial charge is 0.460 e. The van der Waals surface area contributed by atoms with E-state index in [1.54, 1.807) is 6.20 Å². The highest BCUT2D eigenvalue weighted by molar-refractivity contribution is 6.32. The topological polar surface area (TPSA) is 94.0 Å². The van der Waals surface area contributed by atoms with E-state index >= 15 is 0 Å². The van der Waals surface area contributed by atoms with Gasteiger partial charge in [0.25, 0.3) is 0 Å². The number of halogens is 1. The van der Waals surface area contributed by atoms with E-state index in [4.69, 9.17) is 21.3 Å². The van der Waals surface area contributed by atoms with Crippen LogP contribution in [0.1, 0.15) is 123 Å². The van der Waals surface area contributed by atoms with Crippen LogP contribution in [0, 0.1) is 5.92 Å². The van der Waals surface area contributed by atoms with Crippen molar-refractivity contribution in [2.24, 2.45) is 13.0 Å². The number of aromatic nitrogens is 4. The predicted molar refractivity (Wildman–Crippen MR) is 171 cm³/mol. The number of rotatable bonds is 17. The van der Waals surface area contributed by atoms with E-state index in [2.05, 4.69) is 20.7 Å². The Morgan fingerprint density at radius 3 is 2.26 bits per heavy atom. The third-order valence-electron chi connectivity index (χ3n) is 8.46. The molecule has 0 radical (unpaired) electrons. The average Bonchev–Trinajstić information content (AvgIpc) is 3.69. The van der Waals surface area contributed by atoms with Gasteiger partial charge in [-0.3, -0.25) is 9.48 Å². The second-order valence-corrected chi connectivity index (χ2v) is 13.9. The Morgan fingerprint density at radius 2 is 1.60 bits per heavy atom. The maximum absolute atomic E-state index is 11.8. The maximum Gasteiger partial charge on any atom is 0.306 e. The SMILES string of the molecule is Cn1ncc(-c2nc(N[C@H]3CC[C@H](NCCCCCCCCCCC(=O)OC(C)(C)C)CC3)ncc2Cl)c1CC1CC1. The Labute approximate surface area is 258 Å². The van der Waals surface area contributed by atoms with Crippen LogP contribution in [0.2, 0.25) is 5.02 Å². The number of ether oxygens (including phenoxy) is 1. The van der Waals surface area contributed by atoms with Gasteiger partial charge in [-0.2, -0.15) is 5.10 Å². The minimum absolute atomic E-state index is 0.0667. The molecule has 0 unspecified atom stereocenters. The van der Waals surface area contributed by atoms with E-state index < -0.39 is 0 Å². The second kappa shape index (κ2) is 16.0. The van der Waals surface area contributed by atoms with Crippen LogP contribution in [-0.4, -0.2) is 49.9 Å². The van der Waals surface area contributed by atoms with Crippen LogP contribution in [0.5, 0.6) is 0 Å². The molecule has 4 rings (SSSR count). The first-order chi connectivity index (χ1) is 20.2. The number of carbonyl (C=O) groups is 1. The molecule has 42 heavy (non-hydrogen) atoms. The molecular formula is C33H53ClN6O2. The molecule has 2 aliphatic carbocycles. The molecule has 0 spiro atoms. The van der Waals surface area contributed by atoms with Crippen molar-refractivity contribution >= 4 is 23.5 Å². The first kappa shape index (κ1) is 32.7. The number of hydrogen-bond donors (Lipinski definition) is 2. The Morgan fingerprint density at radius 1 is 0.952 bits per heavy atom. The Bertz CT molecular complexity index is 1120. The van der Waals surface area contributed by atoms with E-state index in [-0.39, 0.29) is 11.6 Å². The third-order valence-corrected chi connectivity index (χ3v) is 8.74. The van der Waals surface area contributed by atoms with Crippen LogP contribution in [-0.2, 0) is 23.0 Å². The lowest BCUT2D eigenvalue weighted by molar-refractivity contribution is -0.154. The number of aryl methyl sites for hydroxylation is 1. The van der Waals surface area contributed by atoms with E-state index in [0.29, 0.717) is 29.5 Å². The Hall–Kier alpha value is -2.19. The van der Waals surface area contributed by atoms with Crippen LogP contribution in [0.25, 0.3) is 11.3 Å². The van der Waals surface area contributed by atoms with Crippen molar-refractivity contribution in [3.8, 4) is 11.3 Å². The fourth-order valence-corrected chi connectivity index (χ4v) is 6.09. The van der Waals surface area contributed by atoms with Crippen molar-refractivity contribution < 1.29 is 9.53 Å². The van der Waals surface area contributed by atoms with Crippen LogP contribution in [0.4, 0.5) is 5.95 Å². The standard InChI is InChI=1S/C33H53ClN6O2/c1-33(2,3)42-30(41)13-11-9-7-5-6-8-10-12-20-35-25-16-18-26(19-17-25)38-32-36-23-28(34)31(39-32)27-22-37-40(4)29(27)21-24-14-15-24/h22-26,35H,5-21H2,1-4H3,(H,36,38,39)/t25-,26-. The molecule has 0 bridgehead atoms. The number of nitrogens with one attached hydrogen (secondary N) is 2. The summed E-state index contributed by atoms with van der Waals surface area (Å²) in [4.78, 5) is 21.1. The zero-order valence-corrected chi connectivity index (χ0v) is 27.1. The van der Waals surface area contributed by atoms with Crippen molar-refractivity contribution in [1.29, 1.82) is 0 Å². The molecule has 0 aromatic carbocycles. The molecule has 9 heteroatoms. The highest BCUT2D eigenvalue weighted by Crippen LogP contribution is 2.37. The molecule has 0 aliphatic heterocycles. The molecule has 0 saturated heterocycles. The molecular weight excluding hydrogens is 548 g/mol. The summed E-state index contributed by atoms with van der Waals surface area (Å²) in [5, 5.41) is 12.4. The second-order valence-electron chi connectivity index (χ2n) is 13.5. The lowest BCUT2D eigenvalue weighted by Gasteiger charge is -2.30. The van der Waals surface area contributed by atoms with Crippen molar-refractivity contribution in [2.75, 3.05) is 11.9 Å². The van der Waals surface area contributed by atoms with Crippen molar-refractivity contribution in [2.45, 2.75) is 141 Å². The zero-order valence-electron chi connectivity index (χ0n) is 26.4. The van der Waals surface area contributed by atoms with E-state index in [9.17, 15) is 4.79 Å². The summed E-state index contributed by atoms with van der Waals surface area (Å²) in [6.07, 6.45) is 22.0. The number of nitrogens with zero attached hydrogens (tertiary/aromatic N) is 4. The lowest BCUT2D eigenvalue weighted by Crippen LogP contribution is -2.37. The molecule has 8 nitrogen and oxygen atoms in total. The quantitative estimate of drug-likeness (QED) is 0.142. The number of esters is 1. The van der Waals surface area contributed by atoms with Gasteiger partial charge in [0, 0.05) is 36.8 Å². The summed E-state index contributed by atoms with van der Waals surface area (Å²) < 4.78 is 7.33. The van der Waals surface area contributed by atoms with Crippen LogP contribution >= 0.6 is 11.6 Å². The summed E-state index contributed by atoms with van der Waals surface area (Å²) in [7, 11) is 2.00. The minimum atomic E-state index is -0.374. The van der Waals surface area contributed by atoms with Crippen molar-refractivity contribution in [1.82, 2.24) is 25.1 Å². The Balaban J connectivity index is 1.05. The molecule has 0 atom stereocenters. The van der Waals surface area contributed by atoms with Gasteiger partial charge in [-0.25, -0.2) is 9.97 Å². The normalized spacial score (nSPS) is 19.2. The van der Waals surface area contributed by atoms with Gasteiger partial charge in [-0.1, -0.05) is 50.1 Å². The average molecular weight is 601 g/mol. The van der Waals surface area contributed by atoms with E-state index in [1.807, 2.05) is 38.7 Å². The first-order valence-corrected chi connectivity index (χ1v) is 16.8. The van der Waals surface area contributed by atoms with Gasteiger partial charge in [0.05, 0.1) is 23.1 Å². The predicted octanol–water partition coefficient (Wildman–Crippen LogP) is 7.65. The fourth-order valence-electron chi connectivity index (χ4n) is 5.90. The molecule has 2 aromatic heterocycles. The fraction of sp³-hybridized carbons (Fsp3) is 0.758. The summed E-state index contributed by atoms with van der Waals surface area (Å²) in [5.74, 6) is 1.36. The number of carbonyl (C=O) groups excluding carboxylic acids is 1. The van der Waals surface area contributed by atoms with Gasteiger partial charge in [0.2, 0.25) is 5.95 Å². The van der Waals surface area contributed by atoms with Crippen molar-refractivity contribution in [3.63, 3.8) is 0 Å². The van der Waals surface area contributed by atoms with Crippen LogP contribution in [0.15, 0.2) is 12.4 Å². The van der Waals surface area contributed by atoms with Crippen molar-refractivity contribution in [3.05, 3.63) is 23.1 Å². The van der Waals surface area contributed by atoms with Crippen LogP contribution < -0.4 is 10.6 Å². The summed E-state index contributed by atoms with van der Waals surface area (Å²) in [6.45, 7) is 6.87. The minimum Gasteiger partial charge on any atom is -0.460 e. The smallest absolute Gasteiger partial charge is 0.306 e. The molecule has 2 saturated carbocycles. The Kier molecular flexibility index (Phi) is 12.5. The number of anilines is 1. The zero-order chi connectivity index (χ0) is 30.0.